The average molecular weight is 370 g/mol. The molecule has 136 valence electrons. The first-order chi connectivity index (χ1) is 12.8. The van der Waals surface area contributed by atoms with Crippen LogP contribution in [0, 0.1) is 42.6 Å². The fraction of sp³-hybridized carbons (Fsp3) is 0.105. The lowest BCUT2D eigenvalue weighted by Crippen LogP contribution is -2.19. The molecule has 1 aromatic heterocycles. The van der Waals surface area contributed by atoms with E-state index < -0.39 is 28.9 Å². The summed E-state index contributed by atoms with van der Waals surface area (Å²) in [6.07, 6.45) is 0. The van der Waals surface area contributed by atoms with E-state index in [1.165, 1.54) is 4.68 Å². The first-order valence-corrected chi connectivity index (χ1v) is 7.84. The Hall–Kier alpha value is -3.60. The second kappa shape index (κ2) is 6.96. The Morgan fingerprint density at radius 3 is 2.26 bits per heavy atom. The molecule has 0 aliphatic carbocycles. The molecule has 1 N–H and O–H groups in total. The summed E-state index contributed by atoms with van der Waals surface area (Å²) in [4.78, 5) is 12.4. The maximum atomic E-state index is 13.9. The highest BCUT2D eigenvalue weighted by molar-refractivity contribution is 6.04. The van der Waals surface area contributed by atoms with Gasteiger partial charge >= 0.3 is 0 Å². The summed E-state index contributed by atoms with van der Waals surface area (Å²) < 4.78 is 42.2. The molecule has 3 aromatic rings. The van der Waals surface area contributed by atoms with Crippen LogP contribution < -0.4 is 5.32 Å². The van der Waals surface area contributed by atoms with Crippen molar-refractivity contribution in [3.8, 4) is 11.8 Å². The average Bonchev–Trinajstić information content (AvgIpc) is 2.89. The maximum absolute atomic E-state index is 13.9. The number of aryl methyl sites for hydroxylation is 1. The van der Waals surface area contributed by atoms with Crippen LogP contribution in [0.3, 0.4) is 0 Å². The Balaban J connectivity index is 2.03. The van der Waals surface area contributed by atoms with Crippen molar-refractivity contribution in [3.05, 3.63) is 76.2 Å². The molecule has 3 rings (SSSR count). The van der Waals surface area contributed by atoms with Crippen LogP contribution in [-0.2, 0) is 0 Å². The Morgan fingerprint density at radius 2 is 1.70 bits per heavy atom. The number of nitriles is 1. The van der Waals surface area contributed by atoms with E-state index in [0.717, 1.165) is 0 Å². The smallest absolute Gasteiger partial charge is 0.262 e. The summed E-state index contributed by atoms with van der Waals surface area (Å²) in [6, 6.07) is 9.27. The minimum absolute atomic E-state index is 0.213. The minimum atomic E-state index is -1.30. The third-order valence-electron chi connectivity index (χ3n) is 4.07. The van der Waals surface area contributed by atoms with Crippen molar-refractivity contribution < 1.29 is 18.0 Å². The zero-order valence-electron chi connectivity index (χ0n) is 14.3. The fourth-order valence-electron chi connectivity index (χ4n) is 2.55. The number of hydrogen-bond acceptors (Lipinski definition) is 3. The van der Waals surface area contributed by atoms with Crippen molar-refractivity contribution in [2.75, 3.05) is 5.32 Å². The van der Waals surface area contributed by atoms with Gasteiger partial charge in [-0.15, -0.1) is 0 Å². The monoisotopic (exact) mass is 370 g/mol. The van der Waals surface area contributed by atoms with E-state index >= 15 is 0 Å². The molecule has 0 atom stereocenters. The standard InChI is InChI=1S/C19H13F3N4O/c1-10-11(2)25-26(14-5-3-12(9-23)4-6-14)18(10)24-19(27)17-15(21)7-13(20)8-16(17)22/h3-8H,1-2H3,(H,24,27). The summed E-state index contributed by atoms with van der Waals surface area (Å²) in [5, 5.41) is 15.6. The molecule has 1 heterocycles. The molecule has 27 heavy (non-hydrogen) atoms. The van der Waals surface area contributed by atoms with Gasteiger partial charge in [-0.05, 0) is 38.1 Å². The Labute approximate surface area is 152 Å². The molecular formula is C19H13F3N4O. The van der Waals surface area contributed by atoms with Gasteiger partial charge in [0.25, 0.3) is 5.91 Å². The highest BCUT2D eigenvalue weighted by atomic mass is 19.1. The molecule has 5 nitrogen and oxygen atoms in total. The third-order valence-corrected chi connectivity index (χ3v) is 4.07. The largest absolute Gasteiger partial charge is 0.306 e. The van der Waals surface area contributed by atoms with Crippen LogP contribution in [0.1, 0.15) is 27.2 Å². The normalized spacial score (nSPS) is 10.5. The minimum Gasteiger partial charge on any atom is -0.306 e. The third kappa shape index (κ3) is 3.40. The maximum Gasteiger partial charge on any atom is 0.262 e. The van der Waals surface area contributed by atoms with E-state index in [4.69, 9.17) is 5.26 Å². The lowest BCUT2D eigenvalue weighted by Gasteiger charge is -2.11. The van der Waals surface area contributed by atoms with Gasteiger partial charge in [0.05, 0.1) is 23.0 Å². The zero-order chi connectivity index (χ0) is 19.7. The Bertz CT molecular complexity index is 1060. The van der Waals surface area contributed by atoms with Crippen LogP contribution in [0.4, 0.5) is 19.0 Å². The summed E-state index contributed by atoms with van der Waals surface area (Å²) in [5.74, 6) is -4.57. The van der Waals surface area contributed by atoms with Gasteiger partial charge in [-0.1, -0.05) is 0 Å². The van der Waals surface area contributed by atoms with Crippen LogP contribution in [-0.4, -0.2) is 15.7 Å². The highest BCUT2D eigenvalue weighted by Crippen LogP contribution is 2.25. The van der Waals surface area contributed by atoms with Crippen molar-refractivity contribution in [2.24, 2.45) is 0 Å². The molecule has 8 heteroatoms. The number of anilines is 1. The zero-order valence-corrected chi connectivity index (χ0v) is 14.3. The number of aromatic nitrogens is 2. The number of halogens is 3. The van der Waals surface area contributed by atoms with Crippen molar-refractivity contribution in [1.82, 2.24) is 9.78 Å². The Kier molecular flexibility index (Phi) is 4.69. The van der Waals surface area contributed by atoms with Crippen LogP contribution in [0.5, 0.6) is 0 Å². The fourth-order valence-corrected chi connectivity index (χ4v) is 2.55. The molecule has 0 radical (unpaired) electrons. The summed E-state index contributed by atoms with van der Waals surface area (Å²) in [6.45, 7) is 3.40. The van der Waals surface area contributed by atoms with Crippen molar-refractivity contribution >= 4 is 11.7 Å². The van der Waals surface area contributed by atoms with Gasteiger partial charge in [-0.3, -0.25) is 4.79 Å². The van der Waals surface area contributed by atoms with Gasteiger partial charge in [0, 0.05) is 17.7 Å². The Morgan fingerprint density at radius 1 is 1.11 bits per heavy atom. The van der Waals surface area contributed by atoms with Gasteiger partial charge in [-0.25, -0.2) is 17.9 Å². The highest BCUT2D eigenvalue weighted by Gasteiger charge is 2.22. The molecule has 0 aliphatic heterocycles. The molecule has 1 amide bonds. The van der Waals surface area contributed by atoms with Gasteiger partial charge in [-0.2, -0.15) is 10.4 Å². The van der Waals surface area contributed by atoms with Crippen molar-refractivity contribution in [3.63, 3.8) is 0 Å². The van der Waals surface area contributed by atoms with E-state index in [1.54, 1.807) is 38.1 Å². The van der Waals surface area contributed by atoms with Crippen LogP contribution in [0.15, 0.2) is 36.4 Å². The van der Waals surface area contributed by atoms with E-state index in [0.29, 0.717) is 34.6 Å². The first kappa shape index (κ1) is 18.2. The van der Waals surface area contributed by atoms with Crippen molar-refractivity contribution in [2.45, 2.75) is 13.8 Å². The molecule has 0 aliphatic rings. The molecule has 0 spiro atoms. The van der Waals surface area contributed by atoms with Gasteiger partial charge in [0.2, 0.25) is 0 Å². The van der Waals surface area contributed by atoms with Crippen LogP contribution >= 0.6 is 0 Å². The number of amides is 1. The summed E-state index contributed by atoms with van der Waals surface area (Å²) in [7, 11) is 0. The van der Waals surface area contributed by atoms with Gasteiger partial charge in [0.15, 0.2) is 0 Å². The molecular weight excluding hydrogens is 357 g/mol. The number of rotatable bonds is 3. The first-order valence-electron chi connectivity index (χ1n) is 7.84. The lowest BCUT2D eigenvalue weighted by molar-refractivity contribution is 0.101. The van der Waals surface area contributed by atoms with E-state index in [2.05, 4.69) is 10.4 Å². The molecule has 0 saturated carbocycles. The second-order valence-corrected chi connectivity index (χ2v) is 5.83. The van der Waals surface area contributed by atoms with Gasteiger partial charge < -0.3 is 5.32 Å². The quantitative estimate of drug-likeness (QED) is 0.757. The van der Waals surface area contributed by atoms with E-state index in [9.17, 15) is 18.0 Å². The number of carbonyl (C=O) groups is 1. The molecule has 0 bridgehead atoms. The van der Waals surface area contributed by atoms with E-state index in [-0.39, 0.29) is 5.82 Å². The molecule has 0 unspecified atom stereocenters. The number of nitrogens with one attached hydrogen (secondary N) is 1. The molecule has 0 fully saturated rings. The number of benzene rings is 2. The molecule has 0 saturated heterocycles. The number of carbonyl (C=O) groups excluding carboxylic acids is 1. The summed E-state index contributed by atoms with van der Waals surface area (Å²) >= 11 is 0. The molecule has 2 aromatic carbocycles. The van der Waals surface area contributed by atoms with Gasteiger partial charge in [0.1, 0.15) is 28.8 Å². The number of nitrogens with zero attached hydrogens (tertiary/aromatic N) is 3. The predicted octanol–water partition coefficient (Wildman–Crippen LogP) is 4.03. The van der Waals surface area contributed by atoms with E-state index in [1.807, 2.05) is 6.07 Å². The van der Waals surface area contributed by atoms with Crippen LogP contribution in [0.25, 0.3) is 5.69 Å². The summed E-state index contributed by atoms with van der Waals surface area (Å²) in [5.41, 5.74) is 1.28. The topological polar surface area (TPSA) is 70.7 Å². The number of hydrogen-bond donors (Lipinski definition) is 1. The SMILES string of the molecule is Cc1nn(-c2ccc(C#N)cc2)c(NC(=O)c2c(F)cc(F)cc2F)c1C. The lowest BCUT2D eigenvalue weighted by atomic mass is 10.1. The van der Waals surface area contributed by atoms with Crippen LogP contribution in [0.2, 0.25) is 0 Å². The second-order valence-electron chi connectivity index (χ2n) is 5.83. The van der Waals surface area contributed by atoms with Crippen molar-refractivity contribution in [1.29, 1.82) is 5.26 Å². The predicted molar refractivity (Wildman–Crippen MR) is 92.0 cm³/mol.